The van der Waals surface area contributed by atoms with Crippen LogP contribution in [0.3, 0.4) is 0 Å². The first-order chi connectivity index (χ1) is 9.82. The van der Waals surface area contributed by atoms with Gasteiger partial charge >= 0.3 is 6.18 Å². The van der Waals surface area contributed by atoms with E-state index in [9.17, 15) is 17.6 Å². The quantitative estimate of drug-likeness (QED) is 0.810. The molecule has 0 aliphatic rings. The second-order valence-corrected chi connectivity index (χ2v) is 4.41. The molecule has 0 bridgehead atoms. The molecule has 0 saturated heterocycles. The van der Waals surface area contributed by atoms with Gasteiger partial charge in [0.2, 0.25) is 0 Å². The summed E-state index contributed by atoms with van der Waals surface area (Å²) in [4.78, 5) is 0. The molecule has 0 amide bonds. The van der Waals surface area contributed by atoms with Crippen LogP contribution in [0.2, 0.25) is 0 Å². The van der Waals surface area contributed by atoms with E-state index in [1.165, 1.54) is 24.3 Å². The normalized spacial score (nSPS) is 11.0. The summed E-state index contributed by atoms with van der Waals surface area (Å²) in [6, 6.07) is 9.01. The van der Waals surface area contributed by atoms with Crippen molar-refractivity contribution in [2.75, 3.05) is 5.32 Å². The molecule has 2 aromatic carbocycles. The molecule has 0 fully saturated rings. The Morgan fingerprint density at radius 2 is 1.86 bits per heavy atom. The van der Waals surface area contributed by atoms with Gasteiger partial charge in [0.1, 0.15) is 5.82 Å². The van der Waals surface area contributed by atoms with Gasteiger partial charge in [0.15, 0.2) is 0 Å². The minimum absolute atomic E-state index is 0.285. The number of nitrogens with zero attached hydrogens (tertiary/aromatic N) is 1. The molecule has 0 aliphatic carbocycles. The van der Waals surface area contributed by atoms with Gasteiger partial charge in [0, 0.05) is 16.9 Å². The first-order valence-electron chi connectivity index (χ1n) is 5.96. The highest BCUT2D eigenvalue weighted by Gasteiger charge is 2.33. The standard InChI is InChI=1S/C15H10F4N2/c1-9-13(16)3-2-4-14(9)21-11-5-6-12(15(17,18)19)10(7-11)8-20/h2-7,21H,1H3. The van der Waals surface area contributed by atoms with Gasteiger partial charge in [-0.15, -0.1) is 0 Å². The molecule has 108 valence electrons. The molecule has 21 heavy (non-hydrogen) atoms. The van der Waals surface area contributed by atoms with Crippen molar-refractivity contribution in [3.63, 3.8) is 0 Å². The van der Waals surface area contributed by atoms with E-state index in [0.29, 0.717) is 11.3 Å². The molecule has 0 saturated carbocycles. The topological polar surface area (TPSA) is 35.8 Å². The Labute approximate surface area is 118 Å². The molecule has 2 nitrogen and oxygen atoms in total. The lowest BCUT2D eigenvalue weighted by Gasteiger charge is -2.13. The van der Waals surface area contributed by atoms with Crippen LogP contribution in [-0.2, 0) is 6.18 Å². The smallest absolute Gasteiger partial charge is 0.355 e. The van der Waals surface area contributed by atoms with E-state index in [2.05, 4.69) is 5.32 Å². The number of hydrogen-bond donors (Lipinski definition) is 1. The average molecular weight is 294 g/mol. The van der Waals surface area contributed by atoms with Gasteiger partial charge in [-0.05, 0) is 37.3 Å². The Bertz CT molecular complexity index is 715. The monoisotopic (exact) mass is 294 g/mol. The van der Waals surface area contributed by atoms with E-state index >= 15 is 0 Å². The van der Waals surface area contributed by atoms with Gasteiger partial charge in [-0.25, -0.2) is 4.39 Å². The van der Waals surface area contributed by atoms with Crippen LogP contribution in [0.5, 0.6) is 0 Å². The first kappa shape index (κ1) is 14.9. The Morgan fingerprint density at radius 3 is 2.48 bits per heavy atom. The third kappa shape index (κ3) is 3.14. The third-order valence-electron chi connectivity index (χ3n) is 2.99. The van der Waals surface area contributed by atoms with E-state index in [1.807, 2.05) is 0 Å². The van der Waals surface area contributed by atoms with Crippen molar-refractivity contribution >= 4 is 11.4 Å². The number of halogens is 4. The summed E-state index contributed by atoms with van der Waals surface area (Å²) in [5.74, 6) is -0.424. The highest BCUT2D eigenvalue weighted by molar-refractivity contribution is 5.65. The fraction of sp³-hybridized carbons (Fsp3) is 0.133. The van der Waals surface area contributed by atoms with Gasteiger partial charge in [0.25, 0.3) is 0 Å². The lowest BCUT2D eigenvalue weighted by molar-refractivity contribution is -0.137. The molecule has 0 radical (unpaired) electrons. The maximum atomic E-state index is 13.4. The van der Waals surface area contributed by atoms with Crippen molar-refractivity contribution in [1.82, 2.24) is 0 Å². The predicted molar refractivity (Wildman–Crippen MR) is 70.6 cm³/mol. The fourth-order valence-corrected chi connectivity index (χ4v) is 1.86. The third-order valence-corrected chi connectivity index (χ3v) is 2.99. The Kier molecular flexibility index (Phi) is 3.85. The zero-order valence-electron chi connectivity index (χ0n) is 10.9. The Hall–Kier alpha value is -2.55. The van der Waals surface area contributed by atoms with Crippen LogP contribution in [0.4, 0.5) is 28.9 Å². The van der Waals surface area contributed by atoms with Gasteiger partial charge in [-0.2, -0.15) is 18.4 Å². The van der Waals surface area contributed by atoms with Crippen molar-refractivity contribution < 1.29 is 17.6 Å². The van der Waals surface area contributed by atoms with Crippen molar-refractivity contribution in [3.8, 4) is 6.07 Å². The summed E-state index contributed by atoms with van der Waals surface area (Å²) in [7, 11) is 0. The number of benzene rings is 2. The molecule has 0 spiro atoms. The van der Waals surface area contributed by atoms with E-state index < -0.39 is 23.1 Å². The number of rotatable bonds is 2. The summed E-state index contributed by atoms with van der Waals surface area (Å²) >= 11 is 0. The van der Waals surface area contributed by atoms with Crippen LogP contribution >= 0.6 is 0 Å². The molecular formula is C15H10F4N2. The summed E-state index contributed by atoms with van der Waals surface area (Å²) in [6.07, 6.45) is -4.58. The molecule has 1 N–H and O–H groups in total. The number of hydrogen-bond acceptors (Lipinski definition) is 2. The average Bonchev–Trinajstić information content (AvgIpc) is 2.42. The number of nitriles is 1. The van der Waals surface area contributed by atoms with Crippen molar-refractivity contribution in [1.29, 1.82) is 5.26 Å². The molecule has 2 aromatic rings. The predicted octanol–water partition coefficient (Wildman–Crippen LogP) is 4.77. The summed E-state index contributed by atoms with van der Waals surface area (Å²) in [6.45, 7) is 1.55. The van der Waals surface area contributed by atoms with Crippen LogP contribution in [0, 0.1) is 24.1 Å². The summed E-state index contributed by atoms with van der Waals surface area (Å²) in [5, 5.41) is 11.6. The van der Waals surface area contributed by atoms with Crippen molar-refractivity contribution in [2.45, 2.75) is 13.1 Å². The second-order valence-electron chi connectivity index (χ2n) is 4.41. The number of anilines is 2. The maximum absolute atomic E-state index is 13.4. The van der Waals surface area contributed by atoms with E-state index in [-0.39, 0.29) is 5.69 Å². The second kappa shape index (κ2) is 5.44. The molecular weight excluding hydrogens is 284 g/mol. The Morgan fingerprint density at radius 1 is 1.14 bits per heavy atom. The minimum Gasteiger partial charge on any atom is -0.355 e. The lowest BCUT2D eigenvalue weighted by Crippen LogP contribution is -2.08. The van der Waals surface area contributed by atoms with Gasteiger partial charge < -0.3 is 5.32 Å². The first-order valence-corrected chi connectivity index (χ1v) is 5.96. The largest absolute Gasteiger partial charge is 0.417 e. The summed E-state index contributed by atoms with van der Waals surface area (Å²) < 4.78 is 51.5. The molecule has 6 heteroatoms. The van der Waals surface area contributed by atoms with Crippen LogP contribution in [0.1, 0.15) is 16.7 Å². The molecule has 0 atom stereocenters. The lowest BCUT2D eigenvalue weighted by atomic mass is 10.1. The van der Waals surface area contributed by atoms with Crippen LogP contribution in [0.15, 0.2) is 36.4 Å². The van der Waals surface area contributed by atoms with Gasteiger partial charge in [0.05, 0.1) is 17.2 Å². The number of alkyl halides is 3. The molecule has 0 aliphatic heterocycles. The molecule has 0 heterocycles. The number of nitrogens with one attached hydrogen (secondary N) is 1. The minimum atomic E-state index is -4.58. The molecule has 0 aromatic heterocycles. The summed E-state index contributed by atoms with van der Waals surface area (Å²) in [5.41, 5.74) is -0.420. The van der Waals surface area contributed by atoms with Crippen LogP contribution in [-0.4, -0.2) is 0 Å². The maximum Gasteiger partial charge on any atom is 0.417 e. The van der Waals surface area contributed by atoms with E-state index in [4.69, 9.17) is 5.26 Å². The SMILES string of the molecule is Cc1c(F)cccc1Nc1ccc(C(F)(F)F)c(C#N)c1. The van der Waals surface area contributed by atoms with Crippen molar-refractivity contribution in [2.24, 2.45) is 0 Å². The fourth-order valence-electron chi connectivity index (χ4n) is 1.86. The van der Waals surface area contributed by atoms with Gasteiger partial charge in [-0.1, -0.05) is 6.07 Å². The van der Waals surface area contributed by atoms with E-state index in [1.54, 1.807) is 13.0 Å². The van der Waals surface area contributed by atoms with E-state index in [0.717, 1.165) is 12.1 Å². The van der Waals surface area contributed by atoms with Crippen LogP contribution < -0.4 is 5.32 Å². The highest BCUT2D eigenvalue weighted by Crippen LogP contribution is 2.33. The Balaban J connectivity index is 2.39. The zero-order chi connectivity index (χ0) is 15.6. The zero-order valence-corrected chi connectivity index (χ0v) is 10.9. The van der Waals surface area contributed by atoms with Crippen molar-refractivity contribution in [3.05, 3.63) is 58.9 Å². The van der Waals surface area contributed by atoms with Crippen LogP contribution in [0.25, 0.3) is 0 Å². The molecule has 2 rings (SSSR count). The van der Waals surface area contributed by atoms with Gasteiger partial charge in [-0.3, -0.25) is 0 Å². The molecule has 0 unspecified atom stereocenters. The highest BCUT2D eigenvalue weighted by atomic mass is 19.4.